The quantitative estimate of drug-likeness (QED) is 0.407. The topological polar surface area (TPSA) is 103 Å². The number of aliphatic hydroxyl groups is 1. The molecule has 0 atom stereocenters. The average Bonchev–Trinajstić information content (AvgIpc) is 3.57. The van der Waals surface area contributed by atoms with Crippen molar-refractivity contribution in [2.45, 2.75) is 45.6 Å². The number of hydrogen-bond acceptors (Lipinski definition) is 8. The van der Waals surface area contributed by atoms with Crippen molar-refractivity contribution >= 4 is 22.3 Å². The van der Waals surface area contributed by atoms with Crippen LogP contribution in [0.15, 0.2) is 30.0 Å². The fourth-order valence-corrected chi connectivity index (χ4v) is 4.86. The Morgan fingerprint density at radius 3 is 2.85 bits per heavy atom. The Labute approximate surface area is 196 Å². The molecule has 2 N–H and O–H groups in total. The second kappa shape index (κ2) is 9.32. The zero-order chi connectivity index (χ0) is 22.8. The second-order valence-corrected chi connectivity index (χ2v) is 8.95. The number of aryl methyl sites for hydroxylation is 3. The predicted octanol–water partition coefficient (Wildman–Crippen LogP) is 3.91. The third-order valence-electron chi connectivity index (χ3n) is 5.77. The van der Waals surface area contributed by atoms with Crippen LogP contribution >= 0.6 is 11.3 Å². The molecule has 0 radical (unpaired) electrons. The van der Waals surface area contributed by atoms with E-state index in [2.05, 4.69) is 15.3 Å². The summed E-state index contributed by atoms with van der Waals surface area (Å²) in [7, 11) is 1.62. The molecule has 0 fully saturated rings. The first-order valence-corrected chi connectivity index (χ1v) is 12.0. The lowest BCUT2D eigenvalue weighted by Gasteiger charge is -2.12. The Kier molecular flexibility index (Phi) is 6.10. The van der Waals surface area contributed by atoms with Gasteiger partial charge in [0.25, 0.3) is 0 Å². The number of methoxy groups -OCH3 is 1. The molecular formula is C23H27N7O2S. The van der Waals surface area contributed by atoms with Crippen LogP contribution in [0.2, 0.25) is 0 Å². The van der Waals surface area contributed by atoms with Crippen molar-refractivity contribution < 1.29 is 9.84 Å². The maximum Gasteiger partial charge on any atom is 0.238 e. The molecule has 0 aromatic carbocycles. The van der Waals surface area contributed by atoms with Crippen molar-refractivity contribution in [1.82, 2.24) is 29.3 Å². The normalized spacial score (nSPS) is 13.2. The van der Waals surface area contributed by atoms with E-state index in [1.54, 1.807) is 13.4 Å². The van der Waals surface area contributed by atoms with E-state index in [0.717, 1.165) is 52.3 Å². The van der Waals surface area contributed by atoms with Gasteiger partial charge in [0.15, 0.2) is 5.13 Å². The number of pyridine rings is 1. The average molecular weight is 466 g/mol. The first-order valence-electron chi connectivity index (χ1n) is 11.1. The number of nitrogens with zero attached hydrogens (tertiary/aromatic N) is 6. The van der Waals surface area contributed by atoms with Crippen LogP contribution in [0.5, 0.6) is 5.88 Å². The molecule has 4 aromatic rings. The fraction of sp³-hybridized carbons (Fsp3) is 0.391. The number of aromatic nitrogens is 6. The summed E-state index contributed by atoms with van der Waals surface area (Å²) in [6, 6.07) is 3.91. The van der Waals surface area contributed by atoms with Crippen molar-refractivity contribution in [2.24, 2.45) is 0 Å². The number of ether oxygens (including phenoxy) is 1. The maximum atomic E-state index is 9.28. The molecule has 1 aliphatic rings. The van der Waals surface area contributed by atoms with Crippen molar-refractivity contribution in [3.63, 3.8) is 0 Å². The number of hydrogen-bond donors (Lipinski definition) is 2. The van der Waals surface area contributed by atoms with Gasteiger partial charge in [0.2, 0.25) is 5.88 Å². The van der Waals surface area contributed by atoms with Gasteiger partial charge in [0.1, 0.15) is 17.2 Å². The minimum absolute atomic E-state index is 0.146. The molecule has 0 saturated heterocycles. The third kappa shape index (κ3) is 4.36. The largest absolute Gasteiger partial charge is 0.479 e. The molecular weight excluding hydrogens is 438 g/mol. The molecule has 1 aliphatic carbocycles. The monoisotopic (exact) mass is 465 g/mol. The Balaban J connectivity index is 1.42. The third-order valence-corrected chi connectivity index (χ3v) is 6.53. The predicted molar refractivity (Wildman–Crippen MR) is 128 cm³/mol. The highest BCUT2D eigenvalue weighted by molar-refractivity contribution is 7.14. The molecule has 10 heteroatoms. The Morgan fingerprint density at radius 1 is 1.18 bits per heavy atom. The van der Waals surface area contributed by atoms with E-state index in [4.69, 9.17) is 14.8 Å². The molecule has 0 bridgehead atoms. The van der Waals surface area contributed by atoms with Gasteiger partial charge in [-0.2, -0.15) is 5.10 Å². The second-order valence-electron chi connectivity index (χ2n) is 8.09. The van der Waals surface area contributed by atoms with Gasteiger partial charge in [-0.1, -0.05) is 0 Å². The lowest BCUT2D eigenvalue weighted by Crippen LogP contribution is -2.07. The number of fused-ring (bicyclic) bond motifs is 1. The number of aliphatic hydroxyl groups excluding tert-OH is 1. The zero-order valence-electron chi connectivity index (χ0n) is 18.8. The first-order chi connectivity index (χ1) is 16.2. The molecule has 0 aliphatic heterocycles. The van der Waals surface area contributed by atoms with Gasteiger partial charge < -0.3 is 19.7 Å². The van der Waals surface area contributed by atoms with E-state index >= 15 is 0 Å². The van der Waals surface area contributed by atoms with Crippen LogP contribution < -0.4 is 10.1 Å². The van der Waals surface area contributed by atoms with E-state index in [-0.39, 0.29) is 6.61 Å². The molecule has 9 nitrogen and oxygen atoms in total. The van der Waals surface area contributed by atoms with E-state index in [0.29, 0.717) is 18.8 Å². The zero-order valence-corrected chi connectivity index (χ0v) is 19.6. The summed E-state index contributed by atoms with van der Waals surface area (Å²) in [5.41, 5.74) is 5.72. The van der Waals surface area contributed by atoms with Gasteiger partial charge in [-0.25, -0.2) is 19.6 Å². The van der Waals surface area contributed by atoms with Crippen LogP contribution in [-0.4, -0.2) is 48.1 Å². The van der Waals surface area contributed by atoms with Gasteiger partial charge in [0, 0.05) is 30.3 Å². The number of imidazole rings is 1. The highest BCUT2D eigenvalue weighted by atomic mass is 32.1. The van der Waals surface area contributed by atoms with Gasteiger partial charge in [0.05, 0.1) is 30.5 Å². The summed E-state index contributed by atoms with van der Waals surface area (Å²) in [5.74, 6) is 1.51. The minimum Gasteiger partial charge on any atom is -0.479 e. The van der Waals surface area contributed by atoms with Crippen LogP contribution in [-0.2, 0) is 19.4 Å². The van der Waals surface area contributed by atoms with E-state index in [9.17, 15) is 5.11 Å². The van der Waals surface area contributed by atoms with Gasteiger partial charge in [-0.15, -0.1) is 11.3 Å². The van der Waals surface area contributed by atoms with Crippen LogP contribution in [0.25, 0.3) is 17.1 Å². The molecule has 0 spiro atoms. The number of nitrogens with one attached hydrogen (secondary N) is 1. The number of thiazole rings is 1. The summed E-state index contributed by atoms with van der Waals surface area (Å²) in [4.78, 5) is 13.8. The molecule has 0 amide bonds. The van der Waals surface area contributed by atoms with E-state index < -0.39 is 0 Å². The SMILES string of the molecule is COc1nc(-c2csc(Nc3c4c(nn3CCCO)CCCC4)n2)ccc1-n1cnc(C)c1. The Bertz CT molecular complexity index is 1260. The standard InChI is InChI=1S/C23H27N7O2S/c1-15-12-29(14-24-15)20-9-8-18(25-22(20)32-2)19-13-33-23(26-19)27-21-16-6-3-4-7-17(16)28-30(21)10-5-11-31/h8-9,12-14,31H,3-7,10-11H2,1-2H3,(H,26,27). The summed E-state index contributed by atoms with van der Waals surface area (Å²) in [5, 5.41) is 20.4. The molecule has 0 unspecified atom stereocenters. The van der Waals surface area contributed by atoms with Crippen LogP contribution in [0.4, 0.5) is 10.9 Å². The Hall–Kier alpha value is -3.24. The van der Waals surface area contributed by atoms with E-state index in [1.165, 1.54) is 29.7 Å². The lowest BCUT2D eigenvalue weighted by molar-refractivity contribution is 0.277. The van der Waals surface area contributed by atoms with Crippen LogP contribution in [0.3, 0.4) is 0 Å². The Morgan fingerprint density at radius 2 is 2.06 bits per heavy atom. The highest BCUT2D eigenvalue weighted by Gasteiger charge is 2.21. The molecule has 0 saturated carbocycles. The highest BCUT2D eigenvalue weighted by Crippen LogP contribution is 2.33. The molecule has 33 heavy (non-hydrogen) atoms. The first kappa shape index (κ1) is 21.6. The summed E-state index contributed by atoms with van der Waals surface area (Å²) < 4.78 is 9.43. The van der Waals surface area contributed by atoms with Crippen molar-refractivity contribution in [1.29, 1.82) is 0 Å². The van der Waals surface area contributed by atoms with Gasteiger partial charge in [-0.05, 0) is 51.2 Å². The molecule has 172 valence electrons. The summed E-state index contributed by atoms with van der Waals surface area (Å²) in [6.07, 6.45) is 8.72. The molecule has 4 aromatic heterocycles. The lowest BCUT2D eigenvalue weighted by atomic mass is 9.97. The van der Waals surface area contributed by atoms with Gasteiger partial charge in [-0.3, -0.25) is 0 Å². The smallest absolute Gasteiger partial charge is 0.238 e. The maximum absolute atomic E-state index is 9.28. The minimum atomic E-state index is 0.146. The van der Waals surface area contributed by atoms with Crippen LogP contribution in [0.1, 0.15) is 36.2 Å². The van der Waals surface area contributed by atoms with Crippen molar-refractivity contribution in [2.75, 3.05) is 19.0 Å². The van der Waals surface area contributed by atoms with E-state index in [1.807, 2.05) is 39.9 Å². The molecule has 5 rings (SSSR count). The van der Waals surface area contributed by atoms with Crippen molar-refractivity contribution in [3.8, 4) is 23.0 Å². The van der Waals surface area contributed by atoms with Gasteiger partial charge >= 0.3 is 0 Å². The summed E-state index contributed by atoms with van der Waals surface area (Å²) in [6.45, 7) is 2.77. The molecule has 4 heterocycles. The summed E-state index contributed by atoms with van der Waals surface area (Å²) >= 11 is 1.53. The van der Waals surface area contributed by atoms with Crippen molar-refractivity contribution in [3.05, 3.63) is 47.0 Å². The number of anilines is 2. The van der Waals surface area contributed by atoms with Crippen LogP contribution in [0, 0.1) is 6.92 Å². The fourth-order valence-electron chi connectivity index (χ4n) is 4.15. The number of rotatable bonds is 8.